The van der Waals surface area contributed by atoms with Crippen molar-refractivity contribution in [1.29, 1.82) is 0 Å². The van der Waals surface area contributed by atoms with Gasteiger partial charge in [0.2, 0.25) is 0 Å². The first-order valence-electron chi connectivity index (χ1n) is 6.70. The van der Waals surface area contributed by atoms with Crippen LogP contribution in [0.1, 0.15) is 31.5 Å². The van der Waals surface area contributed by atoms with Crippen molar-refractivity contribution < 1.29 is 9.53 Å². The third-order valence-electron chi connectivity index (χ3n) is 3.47. The van der Waals surface area contributed by atoms with E-state index >= 15 is 0 Å². The van der Waals surface area contributed by atoms with Crippen molar-refractivity contribution in [2.75, 3.05) is 20.2 Å². The van der Waals surface area contributed by atoms with Crippen molar-refractivity contribution in [3.63, 3.8) is 0 Å². The fraction of sp³-hybridized carbons (Fsp3) is 0.571. The van der Waals surface area contributed by atoms with Crippen LogP contribution < -0.4 is 5.32 Å². The highest BCUT2D eigenvalue weighted by Gasteiger charge is 2.25. The van der Waals surface area contributed by atoms with Gasteiger partial charge in [-0.25, -0.2) is 4.79 Å². The number of hydrogen-bond acceptors (Lipinski definition) is 4. The summed E-state index contributed by atoms with van der Waals surface area (Å²) in [6, 6.07) is 6.39. The van der Waals surface area contributed by atoms with Crippen molar-refractivity contribution >= 4 is 6.09 Å². The van der Waals surface area contributed by atoms with Crippen molar-refractivity contribution in [2.24, 2.45) is 0 Å². The number of methoxy groups -OCH3 is 1. The number of carbonyl (C=O) groups excluding carboxylic acids is 1. The van der Waals surface area contributed by atoms with E-state index in [1.807, 2.05) is 18.2 Å². The quantitative estimate of drug-likeness (QED) is 0.905. The number of nitrogens with zero attached hydrogens (tertiary/aromatic N) is 2. The molecule has 2 heterocycles. The minimum Gasteiger partial charge on any atom is -0.453 e. The molecule has 0 aliphatic carbocycles. The zero-order valence-corrected chi connectivity index (χ0v) is 11.5. The Bertz CT molecular complexity index is 410. The zero-order valence-electron chi connectivity index (χ0n) is 11.5. The van der Waals surface area contributed by atoms with E-state index in [1.54, 1.807) is 11.1 Å². The highest BCUT2D eigenvalue weighted by Crippen LogP contribution is 2.16. The van der Waals surface area contributed by atoms with Gasteiger partial charge in [0.25, 0.3) is 0 Å². The molecule has 2 rings (SSSR count). The first-order chi connectivity index (χ1) is 9.20. The topological polar surface area (TPSA) is 54.5 Å². The molecule has 0 aromatic carbocycles. The number of nitrogens with one attached hydrogen (secondary N) is 1. The molecular formula is C14H21N3O2. The van der Waals surface area contributed by atoms with Crippen LogP contribution in [-0.4, -0.2) is 42.2 Å². The standard InChI is InChI=1S/C14H21N3O2/c1-11(13-7-3-4-8-15-13)16-12-6-5-9-17(10-12)14(18)19-2/h3-4,7-8,11-12,16H,5-6,9-10H2,1-2H3/t11-,12-/m0/s1. The summed E-state index contributed by atoms with van der Waals surface area (Å²) < 4.78 is 4.77. The normalized spacial score (nSPS) is 20.9. The number of rotatable bonds is 3. The third kappa shape index (κ3) is 3.67. The second-order valence-electron chi connectivity index (χ2n) is 4.90. The van der Waals surface area contributed by atoms with Crippen LogP contribution in [0.25, 0.3) is 0 Å². The molecule has 0 bridgehead atoms. The molecule has 1 saturated heterocycles. The summed E-state index contributed by atoms with van der Waals surface area (Å²) >= 11 is 0. The highest BCUT2D eigenvalue weighted by atomic mass is 16.5. The van der Waals surface area contributed by atoms with Gasteiger partial charge in [-0.3, -0.25) is 4.98 Å². The van der Waals surface area contributed by atoms with Gasteiger partial charge in [-0.1, -0.05) is 6.07 Å². The van der Waals surface area contributed by atoms with Gasteiger partial charge in [-0.2, -0.15) is 0 Å². The van der Waals surface area contributed by atoms with Crippen LogP contribution in [0.4, 0.5) is 4.79 Å². The molecular weight excluding hydrogens is 242 g/mol. The Morgan fingerprint density at radius 2 is 2.42 bits per heavy atom. The summed E-state index contributed by atoms with van der Waals surface area (Å²) in [5, 5.41) is 3.53. The molecule has 5 nitrogen and oxygen atoms in total. The number of ether oxygens (including phenoxy) is 1. The van der Waals surface area contributed by atoms with Crippen LogP contribution in [0.5, 0.6) is 0 Å². The lowest BCUT2D eigenvalue weighted by Gasteiger charge is -2.33. The highest BCUT2D eigenvalue weighted by molar-refractivity contribution is 5.67. The van der Waals surface area contributed by atoms with E-state index in [4.69, 9.17) is 4.74 Å². The SMILES string of the molecule is COC(=O)N1CCC[C@H](N[C@@H](C)c2ccccn2)C1. The summed E-state index contributed by atoms with van der Waals surface area (Å²) in [4.78, 5) is 17.6. The summed E-state index contributed by atoms with van der Waals surface area (Å²) in [7, 11) is 1.43. The van der Waals surface area contributed by atoms with Crippen molar-refractivity contribution in [3.05, 3.63) is 30.1 Å². The van der Waals surface area contributed by atoms with Gasteiger partial charge in [0.15, 0.2) is 0 Å². The molecule has 1 amide bonds. The largest absolute Gasteiger partial charge is 0.453 e. The second-order valence-corrected chi connectivity index (χ2v) is 4.90. The van der Waals surface area contributed by atoms with Gasteiger partial charge >= 0.3 is 6.09 Å². The minimum absolute atomic E-state index is 0.184. The van der Waals surface area contributed by atoms with Gasteiger partial charge in [0, 0.05) is 31.4 Å². The predicted octanol–water partition coefficient (Wildman–Crippen LogP) is 1.96. The lowest BCUT2D eigenvalue weighted by molar-refractivity contribution is 0.106. The maximum atomic E-state index is 11.5. The molecule has 1 N–H and O–H groups in total. The lowest BCUT2D eigenvalue weighted by atomic mass is 10.0. The number of pyridine rings is 1. The molecule has 104 valence electrons. The number of piperidine rings is 1. The molecule has 0 spiro atoms. The number of hydrogen-bond donors (Lipinski definition) is 1. The van der Waals surface area contributed by atoms with Gasteiger partial charge in [-0.15, -0.1) is 0 Å². The Morgan fingerprint density at radius 3 is 3.11 bits per heavy atom. The Kier molecular flexibility index (Phi) is 4.74. The van der Waals surface area contributed by atoms with Gasteiger partial charge in [0.05, 0.1) is 12.8 Å². The average molecular weight is 263 g/mol. The fourth-order valence-corrected chi connectivity index (χ4v) is 2.48. The van der Waals surface area contributed by atoms with Crippen LogP contribution in [0.2, 0.25) is 0 Å². The summed E-state index contributed by atoms with van der Waals surface area (Å²) in [6.07, 6.45) is 3.64. The van der Waals surface area contributed by atoms with E-state index in [1.165, 1.54) is 7.11 Å². The number of likely N-dealkylation sites (tertiary alicyclic amines) is 1. The monoisotopic (exact) mass is 263 g/mol. The summed E-state index contributed by atoms with van der Waals surface area (Å²) in [5.41, 5.74) is 1.03. The van der Waals surface area contributed by atoms with E-state index in [0.29, 0.717) is 12.6 Å². The van der Waals surface area contributed by atoms with Crippen molar-refractivity contribution in [1.82, 2.24) is 15.2 Å². The maximum Gasteiger partial charge on any atom is 0.409 e. The van der Waals surface area contributed by atoms with Crippen molar-refractivity contribution in [3.8, 4) is 0 Å². The van der Waals surface area contributed by atoms with E-state index in [0.717, 1.165) is 25.1 Å². The number of amides is 1. The number of carbonyl (C=O) groups is 1. The molecule has 2 atom stereocenters. The van der Waals surface area contributed by atoms with E-state index in [-0.39, 0.29) is 12.1 Å². The molecule has 0 unspecified atom stereocenters. The predicted molar refractivity (Wildman–Crippen MR) is 72.8 cm³/mol. The zero-order chi connectivity index (χ0) is 13.7. The third-order valence-corrected chi connectivity index (χ3v) is 3.47. The Balaban J connectivity index is 1.90. The van der Waals surface area contributed by atoms with Gasteiger partial charge in [-0.05, 0) is 31.9 Å². The number of aromatic nitrogens is 1. The molecule has 1 aromatic heterocycles. The van der Waals surface area contributed by atoms with Gasteiger partial charge in [0.1, 0.15) is 0 Å². The summed E-state index contributed by atoms with van der Waals surface area (Å²) in [5.74, 6) is 0. The van der Waals surface area contributed by atoms with Crippen LogP contribution in [0, 0.1) is 0 Å². The van der Waals surface area contributed by atoms with Crippen molar-refractivity contribution in [2.45, 2.75) is 31.8 Å². The molecule has 19 heavy (non-hydrogen) atoms. The molecule has 1 fully saturated rings. The minimum atomic E-state index is -0.239. The first-order valence-corrected chi connectivity index (χ1v) is 6.70. The van der Waals surface area contributed by atoms with Crippen LogP contribution in [0.15, 0.2) is 24.4 Å². The van der Waals surface area contributed by atoms with E-state index in [9.17, 15) is 4.79 Å². The average Bonchev–Trinajstić information content (AvgIpc) is 2.47. The fourth-order valence-electron chi connectivity index (χ4n) is 2.48. The molecule has 1 aliphatic heterocycles. The lowest BCUT2D eigenvalue weighted by Crippen LogP contribution is -2.48. The Labute approximate surface area is 114 Å². The van der Waals surface area contributed by atoms with E-state index < -0.39 is 0 Å². The second kappa shape index (κ2) is 6.52. The van der Waals surface area contributed by atoms with Crippen LogP contribution in [-0.2, 0) is 4.74 Å². The maximum absolute atomic E-state index is 11.5. The Morgan fingerprint density at radius 1 is 1.58 bits per heavy atom. The van der Waals surface area contributed by atoms with E-state index in [2.05, 4.69) is 17.2 Å². The van der Waals surface area contributed by atoms with Crippen LogP contribution in [0.3, 0.4) is 0 Å². The van der Waals surface area contributed by atoms with Gasteiger partial charge < -0.3 is 15.0 Å². The smallest absolute Gasteiger partial charge is 0.409 e. The molecule has 1 aromatic rings. The molecule has 5 heteroatoms. The Hall–Kier alpha value is -1.62. The van der Waals surface area contributed by atoms with Crippen LogP contribution >= 0.6 is 0 Å². The molecule has 0 saturated carbocycles. The first kappa shape index (κ1) is 13.8. The molecule has 0 radical (unpaired) electrons. The summed E-state index contributed by atoms with van der Waals surface area (Å²) in [6.45, 7) is 3.58. The molecule has 1 aliphatic rings.